The second kappa shape index (κ2) is 5.55. The summed E-state index contributed by atoms with van der Waals surface area (Å²) in [6, 6.07) is 13.6. The Hall–Kier alpha value is -1.32. The predicted molar refractivity (Wildman–Crippen MR) is 78.4 cm³/mol. The molecule has 0 amide bonds. The molecule has 0 heterocycles. The highest BCUT2D eigenvalue weighted by atomic mass is 79.9. The van der Waals surface area contributed by atoms with Crippen LogP contribution in [0.5, 0.6) is 0 Å². The standard InChI is InChI=1S/C15H16BrNO/c1-10-4-2-3-5-11(10)8-15(18)13-9-12(16)6-7-14(13)17/h2-7,9,15,18H,8,17H2,1H3. The molecule has 2 nitrogen and oxygen atoms in total. The molecule has 3 N–H and O–H groups in total. The van der Waals surface area contributed by atoms with Gasteiger partial charge in [-0.15, -0.1) is 0 Å². The van der Waals surface area contributed by atoms with Crippen molar-refractivity contribution in [2.75, 3.05) is 5.73 Å². The van der Waals surface area contributed by atoms with E-state index < -0.39 is 6.10 Å². The first-order valence-corrected chi connectivity index (χ1v) is 6.64. The fourth-order valence-electron chi connectivity index (χ4n) is 1.99. The Morgan fingerprint density at radius 1 is 1.22 bits per heavy atom. The van der Waals surface area contributed by atoms with E-state index in [1.54, 1.807) is 6.07 Å². The van der Waals surface area contributed by atoms with Gasteiger partial charge in [0.15, 0.2) is 0 Å². The number of rotatable bonds is 3. The maximum atomic E-state index is 10.3. The number of halogens is 1. The number of aliphatic hydroxyl groups excluding tert-OH is 1. The zero-order valence-corrected chi connectivity index (χ0v) is 11.8. The van der Waals surface area contributed by atoms with Gasteiger partial charge in [0.1, 0.15) is 0 Å². The average Bonchev–Trinajstić information content (AvgIpc) is 2.35. The Labute approximate surface area is 116 Å². The van der Waals surface area contributed by atoms with Crippen molar-refractivity contribution in [3.05, 3.63) is 63.6 Å². The van der Waals surface area contributed by atoms with E-state index in [0.717, 1.165) is 15.6 Å². The average molecular weight is 306 g/mol. The van der Waals surface area contributed by atoms with Crippen molar-refractivity contribution >= 4 is 21.6 Å². The highest BCUT2D eigenvalue weighted by Gasteiger charge is 2.13. The molecule has 1 atom stereocenters. The van der Waals surface area contributed by atoms with E-state index in [2.05, 4.69) is 15.9 Å². The maximum Gasteiger partial charge on any atom is 0.0850 e. The lowest BCUT2D eigenvalue weighted by atomic mass is 9.97. The number of nitrogens with two attached hydrogens (primary N) is 1. The van der Waals surface area contributed by atoms with Crippen molar-refractivity contribution < 1.29 is 5.11 Å². The van der Waals surface area contributed by atoms with Gasteiger partial charge in [0, 0.05) is 22.1 Å². The lowest BCUT2D eigenvalue weighted by molar-refractivity contribution is 0.179. The van der Waals surface area contributed by atoms with Gasteiger partial charge in [-0.25, -0.2) is 0 Å². The number of hydrogen-bond acceptors (Lipinski definition) is 2. The van der Waals surface area contributed by atoms with E-state index >= 15 is 0 Å². The van der Waals surface area contributed by atoms with Crippen LogP contribution in [0.4, 0.5) is 5.69 Å². The molecule has 0 radical (unpaired) electrons. The Kier molecular flexibility index (Phi) is 4.04. The van der Waals surface area contributed by atoms with Crippen molar-refractivity contribution in [2.45, 2.75) is 19.4 Å². The normalized spacial score (nSPS) is 12.4. The van der Waals surface area contributed by atoms with Crippen LogP contribution in [-0.2, 0) is 6.42 Å². The van der Waals surface area contributed by atoms with Crippen LogP contribution in [-0.4, -0.2) is 5.11 Å². The van der Waals surface area contributed by atoms with Crippen LogP contribution in [0.3, 0.4) is 0 Å². The molecule has 94 valence electrons. The summed E-state index contributed by atoms with van der Waals surface area (Å²) in [7, 11) is 0. The summed E-state index contributed by atoms with van der Waals surface area (Å²) < 4.78 is 0.926. The summed E-state index contributed by atoms with van der Waals surface area (Å²) in [4.78, 5) is 0. The molecule has 0 aromatic heterocycles. The lowest BCUT2D eigenvalue weighted by Crippen LogP contribution is -2.06. The SMILES string of the molecule is Cc1ccccc1CC(O)c1cc(Br)ccc1N. The van der Waals surface area contributed by atoms with Gasteiger partial charge in [0.25, 0.3) is 0 Å². The minimum Gasteiger partial charge on any atom is -0.398 e. The summed E-state index contributed by atoms with van der Waals surface area (Å²) in [6.07, 6.45) is -0.00329. The first-order chi connectivity index (χ1) is 8.58. The third kappa shape index (κ3) is 2.92. The monoisotopic (exact) mass is 305 g/mol. The van der Waals surface area contributed by atoms with Crippen LogP contribution in [0.15, 0.2) is 46.9 Å². The third-order valence-electron chi connectivity index (χ3n) is 3.08. The number of hydrogen-bond donors (Lipinski definition) is 2. The molecule has 0 aliphatic heterocycles. The second-order valence-corrected chi connectivity index (χ2v) is 5.34. The van der Waals surface area contributed by atoms with Gasteiger partial charge < -0.3 is 10.8 Å². The number of aryl methyl sites for hydroxylation is 1. The molecule has 18 heavy (non-hydrogen) atoms. The maximum absolute atomic E-state index is 10.3. The zero-order valence-electron chi connectivity index (χ0n) is 10.2. The van der Waals surface area contributed by atoms with Crippen molar-refractivity contribution in [3.8, 4) is 0 Å². The topological polar surface area (TPSA) is 46.2 Å². The van der Waals surface area contributed by atoms with Gasteiger partial charge in [-0.2, -0.15) is 0 Å². The molecule has 0 fully saturated rings. The highest BCUT2D eigenvalue weighted by Crippen LogP contribution is 2.27. The smallest absolute Gasteiger partial charge is 0.0850 e. The van der Waals surface area contributed by atoms with Crippen LogP contribution >= 0.6 is 15.9 Å². The fourth-order valence-corrected chi connectivity index (χ4v) is 2.37. The van der Waals surface area contributed by atoms with Crippen LogP contribution in [0.25, 0.3) is 0 Å². The third-order valence-corrected chi connectivity index (χ3v) is 3.58. The van der Waals surface area contributed by atoms with E-state index in [0.29, 0.717) is 12.1 Å². The Morgan fingerprint density at radius 3 is 2.67 bits per heavy atom. The number of aliphatic hydroxyl groups is 1. The highest BCUT2D eigenvalue weighted by molar-refractivity contribution is 9.10. The summed E-state index contributed by atoms with van der Waals surface area (Å²) in [5.41, 5.74) is 9.62. The second-order valence-electron chi connectivity index (χ2n) is 4.42. The minimum absolute atomic E-state index is 0.577. The molecular weight excluding hydrogens is 290 g/mol. The molecule has 0 spiro atoms. The molecule has 0 bridgehead atoms. The van der Waals surface area contributed by atoms with Gasteiger partial charge in [-0.3, -0.25) is 0 Å². The minimum atomic E-state index is -0.580. The van der Waals surface area contributed by atoms with Gasteiger partial charge >= 0.3 is 0 Å². The fraction of sp³-hybridized carbons (Fsp3) is 0.200. The van der Waals surface area contributed by atoms with Crippen LogP contribution in [0, 0.1) is 6.92 Å². The number of anilines is 1. The van der Waals surface area contributed by atoms with Crippen molar-refractivity contribution in [1.29, 1.82) is 0 Å². The number of nitrogen functional groups attached to an aromatic ring is 1. The Balaban J connectivity index is 2.25. The molecule has 0 saturated heterocycles. The van der Waals surface area contributed by atoms with Gasteiger partial charge in [-0.1, -0.05) is 40.2 Å². The zero-order chi connectivity index (χ0) is 13.1. The van der Waals surface area contributed by atoms with Crippen molar-refractivity contribution in [1.82, 2.24) is 0 Å². The molecule has 0 aliphatic carbocycles. The molecule has 2 rings (SSSR count). The molecule has 0 aliphatic rings. The summed E-state index contributed by atoms with van der Waals surface area (Å²) >= 11 is 3.40. The molecule has 2 aromatic rings. The Morgan fingerprint density at radius 2 is 1.94 bits per heavy atom. The van der Waals surface area contributed by atoms with Crippen LogP contribution in [0.2, 0.25) is 0 Å². The molecule has 0 saturated carbocycles. The van der Waals surface area contributed by atoms with E-state index in [4.69, 9.17) is 5.73 Å². The van der Waals surface area contributed by atoms with Gasteiger partial charge in [0.05, 0.1) is 6.10 Å². The lowest BCUT2D eigenvalue weighted by Gasteiger charge is -2.15. The van der Waals surface area contributed by atoms with E-state index in [9.17, 15) is 5.11 Å². The molecule has 2 aromatic carbocycles. The van der Waals surface area contributed by atoms with Gasteiger partial charge in [0.2, 0.25) is 0 Å². The van der Waals surface area contributed by atoms with E-state index in [1.807, 2.05) is 43.3 Å². The Bertz CT molecular complexity index is 554. The van der Waals surface area contributed by atoms with Crippen LogP contribution in [0.1, 0.15) is 22.8 Å². The molecule has 1 unspecified atom stereocenters. The number of benzene rings is 2. The van der Waals surface area contributed by atoms with Gasteiger partial charge in [-0.05, 0) is 36.2 Å². The quantitative estimate of drug-likeness (QED) is 0.851. The summed E-state index contributed by atoms with van der Waals surface area (Å²) in [5, 5.41) is 10.3. The van der Waals surface area contributed by atoms with Crippen molar-refractivity contribution in [2.24, 2.45) is 0 Å². The predicted octanol–water partition coefficient (Wildman–Crippen LogP) is 3.62. The molecular formula is C15H16BrNO. The van der Waals surface area contributed by atoms with E-state index in [1.165, 1.54) is 5.56 Å². The van der Waals surface area contributed by atoms with E-state index in [-0.39, 0.29) is 0 Å². The largest absolute Gasteiger partial charge is 0.398 e. The summed E-state index contributed by atoms with van der Waals surface area (Å²) in [6.45, 7) is 2.05. The van der Waals surface area contributed by atoms with Crippen molar-refractivity contribution in [3.63, 3.8) is 0 Å². The first-order valence-electron chi connectivity index (χ1n) is 5.85. The summed E-state index contributed by atoms with van der Waals surface area (Å²) in [5.74, 6) is 0. The van der Waals surface area contributed by atoms with Crippen LogP contribution < -0.4 is 5.73 Å². The first kappa shape index (κ1) is 13.1. The molecule has 3 heteroatoms.